The van der Waals surface area contributed by atoms with Crippen molar-refractivity contribution in [2.24, 2.45) is 11.7 Å². The van der Waals surface area contributed by atoms with Gasteiger partial charge in [-0.3, -0.25) is 4.79 Å². The van der Waals surface area contributed by atoms with Crippen LogP contribution < -0.4 is 10.6 Å². The number of amides is 1. The second-order valence-corrected chi connectivity index (χ2v) is 4.87. The molecule has 1 aliphatic heterocycles. The van der Waals surface area contributed by atoms with Crippen LogP contribution in [0.4, 0.5) is 5.69 Å². The van der Waals surface area contributed by atoms with Gasteiger partial charge in [-0.25, -0.2) is 4.79 Å². The molecule has 0 spiro atoms. The average molecular weight is 283 g/mol. The highest BCUT2D eigenvalue weighted by Crippen LogP contribution is 2.28. The highest BCUT2D eigenvalue weighted by molar-refractivity contribution is 6.33. The summed E-state index contributed by atoms with van der Waals surface area (Å²) in [4.78, 5) is 25.1. The number of rotatable bonds is 3. The zero-order valence-electron chi connectivity index (χ0n) is 10.6. The Morgan fingerprint density at radius 2 is 2.32 bits per heavy atom. The molecule has 1 aromatic rings. The molecular formula is C13H15ClN2O3. The molecule has 1 heterocycles. The van der Waals surface area contributed by atoms with Gasteiger partial charge in [0, 0.05) is 18.7 Å². The van der Waals surface area contributed by atoms with E-state index < -0.39 is 5.97 Å². The maximum Gasteiger partial charge on any atom is 0.339 e. The smallest absolute Gasteiger partial charge is 0.339 e. The Morgan fingerprint density at radius 1 is 1.58 bits per heavy atom. The maximum atomic E-state index is 11.9. The van der Waals surface area contributed by atoms with E-state index in [0.29, 0.717) is 30.2 Å². The number of carbonyl (C=O) groups is 2. The van der Waals surface area contributed by atoms with Crippen LogP contribution >= 0.6 is 11.6 Å². The van der Waals surface area contributed by atoms with Crippen molar-refractivity contribution < 1.29 is 14.3 Å². The van der Waals surface area contributed by atoms with Crippen LogP contribution in [0.25, 0.3) is 0 Å². The number of hydrogen-bond acceptors (Lipinski definition) is 4. The Bertz CT molecular complexity index is 519. The van der Waals surface area contributed by atoms with Crippen LogP contribution in [-0.4, -0.2) is 32.1 Å². The van der Waals surface area contributed by atoms with Gasteiger partial charge in [-0.15, -0.1) is 0 Å². The SMILES string of the molecule is COC(=O)c1cc(N2CC(CN)CC2=O)ccc1Cl. The summed E-state index contributed by atoms with van der Waals surface area (Å²) in [5, 5.41) is 0.303. The molecule has 1 aromatic carbocycles. The highest BCUT2D eigenvalue weighted by atomic mass is 35.5. The quantitative estimate of drug-likeness (QED) is 0.852. The molecule has 6 heteroatoms. The molecule has 1 aliphatic rings. The van der Waals surface area contributed by atoms with Crippen molar-refractivity contribution in [1.82, 2.24) is 0 Å². The first-order valence-corrected chi connectivity index (χ1v) is 6.33. The van der Waals surface area contributed by atoms with Crippen LogP contribution in [-0.2, 0) is 9.53 Å². The van der Waals surface area contributed by atoms with Gasteiger partial charge in [0.2, 0.25) is 5.91 Å². The number of hydrogen-bond donors (Lipinski definition) is 1. The lowest BCUT2D eigenvalue weighted by Gasteiger charge is -2.17. The molecule has 0 bridgehead atoms. The van der Waals surface area contributed by atoms with Crippen molar-refractivity contribution in [3.63, 3.8) is 0 Å². The minimum atomic E-state index is -0.520. The summed E-state index contributed by atoms with van der Waals surface area (Å²) in [6.07, 6.45) is 0.437. The molecule has 5 nitrogen and oxygen atoms in total. The van der Waals surface area contributed by atoms with Crippen LogP contribution in [0.1, 0.15) is 16.8 Å². The summed E-state index contributed by atoms with van der Waals surface area (Å²) in [7, 11) is 1.29. The number of halogens is 1. The third-order valence-electron chi connectivity index (χ3n) is 3.21. The van der Waals surface area contributed by atoms with Crippen LogP contribution in [0.2, 0.25) is 5.02 Å². The van der Waals surface area contributed by atoms with Crippen LogP contribution in [0.5, 0.6) is 0 Å². The Balaban J connectivity index is 2.31. The van der Waals surface area contributed by atoms with E-state index in [0.717, 1.165) is 0 Å². The van der Waals surface area contributed by atoms with Gasteiger partial charge in [0.05, 0.1) is 17.7 Å². The van der Waals surface area contributed by atoms with Crippen LogP contribution in [0, 0.1) is 5.92 Å². The molecule has 0 radical (unpaired) electrons. The topological polar surface area (TPSA) is 72.6 Å². The number of anilines is 1. The molecule has 2 N–H and O–H groups in total. The van der Waals surface area contributed by atoms with Crippen molar-refractivity contribution in [2.75, 3.05) is 25.1 Å². The van der Waals surface area contributed by atoms with Gasteiger partial charge in [-0.1, -0.05) is 11.6 Å². The van der Waals surface area contributed by atoms with E-state index in [4.69, 9.17) is 17.3 Å². The van der Waals surface area contributed by atoms with Gasteiger partial charge in [0.15, 0.2) is 0 Å². The number of ether oxygens (including phenoxy) is 1. The summed E-state index contributed by atoms with van der Waals surface area (Å²) >= 11 is 5.94. The predicted molar refractivity (Wildman–Crippen MR) is 72.3 cm³/mol. The van der Waals surface area contributed by atoms with Gasteiger partial charge in [-0.05, 0) is 30.7 Å². The van der Waals surface area contributed by atoms with E-state index in [1.807, 2.05) is 0 Å². The molecule has 1 saturated heterocycles. The van der Waals surface area contributed by atoms with Gasteiger partial charge >= 0.3 is 5.97 Å². The third-order valence-corrected chi connectivity index (χ3v) is 3.53. The summed E-state index contributed by atoms with van der Waals surface area (Å²) in [5.74, 6) is -0.354. The van der Waals surface area contributed by atoms with Crippen molar-refractivity contribution in [3.8, 4) is 0 Å². The Morgan fingerprint density at radius 3 is 2.89 bits per heavy atom. The summed E-state index contributed by atoms with van der Waals surface area (Å²) < 4.78 is 4.66. The highest BCUT2D eigenvalue weighted by Gasteiger charge is 2.30. The molecule has 0 aromatic heterocycles. The van der Waals surface area contributed by atoms with E-state index in [1.54, 1.807) is 23.1 Å². The number of benzene rings is 1. The molecule has 1 amide bonds. The lowest BCUT2D eigenvalue weighted by Crippen LogP contribution is -2.26. The number of nitrogens with two attached hydrogens (primary N) is 1. The average Bonchev–Trinajstić information content (AvgIpc) is 2.80. The van der Waals surface area contributed by atoms with Gasteiger partial charge < -0.3 is 15.4 Å². The minimum absolute atomic E-state index is 0.00795. The van der Waals surface area contributed by atoms with E-state index in [2.05, 4.69) is 4.74 Å². The van der Waals surface area contributed by atoms with Crippen molar-refractivity contribution in [2.45, 2.75) is 6.42 Å². The largest absolute Gasteiger partial charge is 0.465 e. The third kappa shape index (κ3) is 2.72. The molecule has 102 valence electrons. The zero-order chi connectivity index (χ0) is 14.0. The summed E-state index contributed by atoms with van der Waals surface area (Å²) in [5.41, 5.74) is 6.49. The number of carbonyl (C=O) groups excluding carboxylic acids is 2. The van der Waals surface area contributed by atoms with E-state index in [-0.39, 0.29) is 17.4 Å². The molecule has 1 unspecified atom stereocenters. The fourth-order valence-electron chi connectivity index (χ4n) is 2.14. The number of methoxy groups -OCH3 is 1. The first kappa shape index (κ1) is 13.8. The van der Waals surface area contributed by atoms with Crippen molar-refractivity contribution >= 4 is 29.2 Å². The number of nitrogens with zero attached hydrogens (tertiary/aromatic N) is 1. The summed E-state index contributed by atoms with van der Waals surface area (Å²) in [6.45, 7) is 1.04. The number of esters is 1. The fraction of sp³-hybridized carbons (Fsp3) is 0.385. The molecule has 2 rings (SSSR count). The second-order valence-electron chi connectivity index (χ2n) is 4.47. The Labute approximate surface area is 116 Å². The molecular weight excluding hydrogens is 268 g/mol. The lowest BCUT2D eigenvalue weighted by molar-refractivity contribution is -0.117. The second kappa shape index (κ2) is 5.59. The van der Waals surface area contributed by atoms with Crippen molar-refractivity contribution in [1.29, 1.82) is 0 Å². The monoisotopic (exact) mass is 282 g/mol. The van der Waals surface area contributed by atoms with Gasteiger partial charge in [0.1, 0.15) is 0 Å². The van der Waals surface area contributed by atoms with Crippen LogP contribution in [0.15, 0.2) is 18.2 Å². The molecule has 0 saturated carbocycles. The molecule has 1 fully saturated rings. The fourth-order valence-corrected chi connectivity index (χ4v) is 2.33. The molecule has 1 atom stereocenters. The minimum Gasteiger partial charge on any atom is -0.465 e. The first-order chi connectivity index (χ1) is 9.06. The molecule has 0 aliphatic carbocycles. The Hall–Kier alpha value is -1.59. The van der Waals surface area contributed by atoms with Gasteiger partial charge in [0.25, 0.3) is 0 Å². The van der Waals surface area contributed by atoms with E-state index in [9.17, 15) is 9.59 Å². The summed E-state index contributed by atoms with van der Waals surface area (Å²) in [6, 6.07) is 4.88. The standard InChI is InChI=1S/C13H15ClN2O3/c1-19-13(18)10-5-9(2-3-11(10)14)16-7-8(6-15)4-12(16)17/h2-3,5,8H,4,6-7,15H2,1H3. The first-order valence-electron chi connectivity index (χ1n) is 5.95. The van der Waals surface area contributed by atoms with E-state index >= 15 is 0 Å². The van der Waals surface area contributed by atoms with Gasteiger partial charge in [-0.2, -0.15) is 0 Å². The maximum absolute atomic E-state index is 11.9. The Kier molecular flexibility index (Phi) is 4.07. The van der Waals surface area contributed by atoms with Crippen molar-refractivity contribution in [3.05, 3.63) is 28.8 Å². The molecule has 19 heavy (non-hydrogen) atoms. The predicted octanol–water partition coefficient (Wildman–Crippen LogP) is 1.44. The zero-order valence-corrected chi connectivity index (χ0v) is 11.3. The van der Waals surface area contributed by atoms with E-state index in [1.165, 1.54) is 7.11 Å². The van der Waals surface area contributed by atoms with Crippen LogP contribution in [0.3, 0.4) is 0 Å². The lowest BCUT2D eigenvalue weighted by atomic mass is 10.1. The normalized spacial score (nSPS) is 18.8.